The van der Waals surface area contributed by atoms with Gasteiger partial charge in [-0.2, -0.15) is 0 Å². The van der Waals surface area contributed by atoms with Gasteiger partial charge in [0.25, 0.3) is 0 Å². The molecule has 0 amide bonds. The molecule has 0 unspecified atom stereocenters. The van der Waals surface area contributed by atoms with Crippen molar-refractivity contribution in [3.63, 3.8) is 0 Å². The lowest BCUT2D eigenvalue weighted by molar-refractivity contribution is 1.07. The van der Waals surface area contributed by atoms with E-state index in [2.05, 4.69) is 127 Å². The van der Waals surface area contributed by atoms with Gasteiger partial charge in [-0.1, -0.05) is 218 Å². The van der Waals surface area contributed by atoms with Crippen LogP contribution in [0.15, 0.2) is 224 Å². The minimum atomic E-state index is 0.622. The molecule has 0 spiro atoms. The fourth-order valence-corrected chi connectivity index (χ4v) is 7.57. The van der Waals surface area contributed by atoms with Crippen LogP contribution in [0.1, 0.15) is 0 Å². The molecule has 0 radical (unpaired) electrons. The van der Waals surface area contributed by atoms with Gasteiger partial charge >= 0.3 is 0 Å². The third-order valence-corrected chi connectivity index (χ3v) is 10.6. The monoisotopic (exact) mass is 767 g/mol. The predicted molar refractivity (Wildman–Crippen MR) is 244 cm³/mol. The Morgan fingerprint density at radius 1 is 0.200 bits per heavy atom. The molecule has 0 aliphatic carbocycles. The fourth-order valence-electron chi connectivity index (χ4n) is 7.57. The highest BCUT2D eigenvalue weighted by molar-refractivity contribution is 5.95. The number of aromatic nitrogens is 5. The van der Waals surface area contributed by atoms with E-state index in [0.29, 0.717) is 23.3 Å². The smallest absolute Gasteiger partial charge is 0.164 e. The third kappa shape index (κ3) is 7.51. The van der Waals surface area contributed by atoms with E-state index in [-0.39, 0.29) is 0 Å². The van der Waals surface area contributed by atoms with Crippen molar-refractivity contribution in [1.29, 1.82) is 0 Å². The van der Waals surface area contributed by atoms with Gasteiger partial charge in [-0.3, -0.25) is 0 Å². The van der Waals surface area contributed by atoms with Crippen molar-refractivity contribution < 1.29 is 0 Å². The summed E-state index contributed by atoms with van der Waals surface area (Å²) in [7, 11) is 0. The van der Waals surface area contributed by atoms with Crippen molar-refractivity contribution in [2.45, 2.75) is 0 Å². The molecule has 0 aliphatic heterocycles. The summed E-state index contributed by atoms with van der Waals surface area (Å²) in [6.07, 6.45) is 0. The lowest BCUT2D eigenvalue weighted by atomic mass is 9.87. The molecule has 0 fully saturated rings. The van der Waals surface area contributed by atoms with Crippen LogP contribution < -0.4 is 0 Å². The Hall–Kier alpha value is -8.15. The molecule has 0 saturated heterocycles. The molecule has 282 valence electrons. The molecule has 2 heterocycles. The van der Waals surface area contributed by atoms with Crippen LogP contribution in [0.25, 0.3) is 101 Å². The standard InChI is InChI=1S/C55H37N5/c1-6-17-38(18-7-1)47-27-16-28-48(39-29-31-41(32-30-39)50-37-49(40-19-8-2-9-20-40)56-52(57-50)43-21-10-3-11-22-43)51(47)42-33-35-46(36-34-42)55-59-53(44-23-12-4-13-24-44)58-54(60-55)45-25-14-5-15-26-45/h1-37H. The molecule has 8 aromatic carbocycles. The number of benzene rings is 8. The number of rotatable bonds is 9. The Kier molecular flexibility index (Phi) is 9.88. The molecule has 60 heavy (non-hydrogen) atoms. The highest BCUT2D eigenvalue weighted by Gasteiger charge is 2.17. The van der Waals surface area contributed by atoms with Crippen LogP contribution in [0, 0.1) is 0 Å². The van der Waals surface area contributed by atoms with E-state index in [1.54, 1.807) is 0 Å². The zero-order valence-electron chi connectivity index (χ0n) is 32.6. The van der Waals surface area contributed by atoms with Crippen molar-refractivity contribution in [2.24, 2.45) is 0 Å². The molecule has 0 N–H and O–H groups in total. The summed E-state index contributed by atoms with van der Waals surface area (Å²) in [6.45, 7) is 0. The summed E-state index contributed by atoms with van der Waals surface area (Å²) in [6, 6.07) is 77.1. The SMILES string of the molecule is c1ccc(-c2cc(-c3ccc(-c4cccc(-c5ccccc5)c4-c4ccc(-c5nc(-c6ccccc6)nc(-c6ccccc6)n5)cc4)cc3)nc(-c3ccccc3)n2)cc1. The molecule has 0 saturated carbocycles. The Balaban J connectivity index is 1.05. The van der Waals surface area contributed by atoms with Gasteiger partial charge < -0.3 is 0 Å². The van der Waals surface area contributed by atoms with Crippen LogP contribution in [0.2, 0.25) is 0 Å². The zero-order valence-corrected chi connectivity index (χ0v) is 32.6. The fraction of sp³-hybridized carbons (Fsp3) is 0. The second-order valence-electron chi connectivity index (χ2n) is 14.5. The van der Waals surface area contributed by atoms with Gasteiger partial charge in [-0.05, 0) is 39.4 Å². The first-order valence-corrected chi connectivity index (χ1v) is 20.0. The van der Waals surface area contributed by atoms with E-state index in [0.717, 1.165) is 78.1 Å². The molecule has 5 nitrogen and oxygen atoms in total. The van der Waals surface area contributed by atoms with Crippen molar-refractivity contribution in [3.05, 3.63) is 224 Å². The Labute approximate surface area is 349 Å². The van der Waals surface area contributed by atoms with E-state index < -0.39 is 0 Å². The zero-order chi connectivity index (χ0) is 40.1. The van der Waals surface area contributed by atoms with Gasteiger partial charge in [-0.25, -0.2) is 24.9 Å². The van der Waals surface area contributed by atoms with Crippen LogP contribution in [0.3, 0.4) is 0 Å². The van der Waals surface area contributed by atoms with Gasteiger partial charge in [0.1, 0.15) is 0 Å². The summed E-state index contributed by atoms with van der Waals surface area (Å²) in [5, 5.41) is 0. The highest BCUT2D eigenvalue weighted by atomic mass is 15.0. The average molecular weight is 768 g/mol. The molecular weight excluding hydrogens is 731 g/mol. The lowest BCUT2D eigenvalue weighted by Gasteiger charge is -2.17. The van der Waals surface area contributed by atoms with Gasteiger partial charge in [0.2, 0.25) is 0 Å². The van der Waals surface area contributed by atoms with Crippen LogP contribution >= 0.6 is 0 Å². The summed E-state index contributed by atoms with van der Waals surface area (Å²) < 4.78 is 0. The van der Waals surface area contributed by atoms with Crippen molar-refractivity contribution >= 4 is 0 Å². The van der Waals surface area contributed by atoms with E-state index in [1.165, 1.54) is 0 Å². The summed E-state index contributed by atoms with van der Waals surface area (Å²) >= 11 is 0. The van der Waals surface area contributed by atoms with Gasteiger partial charge in [0.15, 0.2) is 23.3 Å². The summed E-state index contributed by atoms with van der Waals surface area (Å²) in [5.41, 5.74) is 14.4. The topological polar surface area (TPSA) is 64.5 Å². The minimum absolute atomic E-state index is 0.622. The molecule has 10 rings (SSSR count). The Morgan fingerprint density at radius 3 is 0.917 bits per heavy atom. The first-order chi connectivity index (χ1) is 29.7. The van der Waals surface area contributed by atoms with Crippen molar-refractivity contribution in [3.8, 4) is 101 Å². The van der Waals surface area contributed by atoms with E-state index in [9.17, 15) is 0 Å². The van der Waals surface area contributed by atoms with E-state index in [1.807, 2.05) is 97.1 Å². The second kappa shape index (κ2) is 16.4. The van der Waals surface area contributed by atoms with Crippen molar-refractivity contribution in [1.82, 2.24) is 24.9 Å². The molecule has 0 bridgehead atoms. The van der Waals surface area contributed by atoms with Gasteiger partial charge in [-0.15, -0.1) is 0 Å². The first kappa shape index (κ1) is 36.2. The number of nitrogens with zero attached hydrogens (tertiary/aromatic N) is 5. The van der Waals surface area contributed by atoms with Crippen LogP contribution in [-0.2, 0) is 0 Å². The van der Waals surface area contributed by atoms with E-state index >= 15 is 0 Å². The van der Waals surface area contributed by atoms with Crippen molar-refractivity contribution in [2.75, 3.05) is 0 Å². The molecular formula is C55H37N5. The minimum Gasteiger partial charge on any atom is -0.228 e. The number of hydrogen-bond acceptors (Lipinski definition) is 5. The van der Waals surface area contributed by atoms with Gasteiger partial charge in [0, 0.05) is 33.4 Å². The van der Waals surface area contributed by atoms with Gasteiger partial charge in [0.05, 0.1) is 11.4 Å². The molecule has 10 aromatic rings. The predicted octanol–water partition coefficient (Wildman–Crippen LogP) is 13.7. The second-order valence-corrected chi connectivity index (χ2v) is 14.5. The van der Waals surface area contributed by atoms with Crippen LogP contribution in [0.5, 0.6) is 0 Å². The van der Waals surface area contributed by atoms with E-state index in [4.69, 9.17) is 24.9 Å². The lowest BCUT2D eigenvalue weighted by Crippen LogP contribution is -2.00. The summed E-state index contributed by atoms with van der Waals surface area (Å²) in [4.78, 5) is 24.9. The molecule has 5 heteroatoms. The first-order valence-electron chi connectivity index (χ1n) is 20.0. The molecule has 2 aromatic heterocycles. The summed E-state index contributed by atoms with van der Waals surface area (Å²) in [5.74, 6) is 2.59. The quantitative estimate of drug-likeness (QED) is 0.146. The largest absolute Gasteiger partial charge is 0.228 e. The average Bonchev–Trinajstić information content (AvgIpc) is 3.35. The highest BCUT2D eigenvalue weighted by Crippen LogP contribution is 2.41. The van der Waals surface area contributed by atoms with Crippen LogP contribution in [-0.4, -0.2) is 24.9 Å². The maximum absolute atomic E-state index is 5.07. The molecule has 0 aliphatic rings. The Morgan fingerprint density at radius 2 is 0.483 bits per heavy atom. The normalized spacial score (nSPS) is 11.0. The third-order valence-electron chi connectivity index (χ3n) is 10.6. The van der Waals surface area contributed by atoms with Crippen LogP contribution in [0.4, 0.5) is 0 Å². The maximum atomic E-state index is 5.07. The maximum Gasteiger partial charge on any atom is 0.164 e. The number of hydrogen-bond donors (Lipinski definition) is 0. The Bertz CT molecular complexity index is 2910. The molecule has 0 atom stereocenters.